The summed E-state index contributed by atoms with van der Waals surface area (Å²) in [6, 6.07) is 0. The minimum atomic E-state index is -0.102. The smallest absolute Gasteiger partial charge is 0.247 e. The van der Waals surface area contributed by atoms with Gasteiger partial charge in [-0.2, -0.15) is 0 Å². The summed E-state index contributed by atoms with van der Waals surface area (Å²) >= 11 is 0. The highest BCUT2D eigenvalue weighted by atomic mass is 79.9. The molecular weight excluding hydrogens is 232 g/mol. The van der Waals surface area contributed by atoms with Gasteiger partial charge in [-0.15, -0.1) is 0 Å². The van der Waals surface area contributed by atoms with E-state index in [9.17, 15) is 4.79 Å². The van der Waals surface area contributed by atoms with Gasteiger partial charge < -0.3 is 26.8 Å². The van der Waals surface area contributed by atoms with Crippen LogP contribution in [0.2, 0.25) is 0 Å². The number of hydrogen-bond donors (Lipinski definition) is 1. The van der Waals surface area contributed by atoms with Crippen molar-refractivity contribution in [2.75, 3.05) is 21.1 Å². The number of hydrogen-bond acceptors (Lipinski definition) is 1. The van der Waals surface area contributed by atoms with Gasteiger partial charge in [0.2, 0.25) is 5.91 Å². The van der Waals surface area contributed by atoms with E-state index >= 15 is 0 Å². The lowest BCUT2D eigenvalue weighted by Gasteiger charge is -2.33. The summed E-state index contributed by atoms with van der Waals surface area (Å²) in [5, 5.41) is 2.87. The maximum absolute atomic E-state index is 11.0. The third kappa shape index (κ3) is 5.82. The predicted octanol–water partition coefficient (Wildman–Crippen LogP) is -2.27. The SMILES string of the molecule is C=CC(=O)NC(CC)[N+](C)(C)C.[Br-]. The molecule has 4 heteroatoms. The molecule has 0 aromatic rings. The van der Waals surface area contributed by atoms with Crippen LogP contribution < -0.4 is 22.3 Å². The van der Waals surface area contributed by atoms with Gasteiger partial charge in [-0.25, -0.2) is 0 Å². The number of quaternary nitrogens is 1. The van der Waals surface area contributed by atoms with Crippen LogP contribution in [0.1, 0.15) is 13.3 Å². The first kappa shape index (κ1) is 15.1. The summed E-state index contributed by atoms with van der Waals surface area (Å²) in [5.74, 6) is -0.102. The third-order valence-electron chi connectivity index (χ3n) is 1.82. The van der Waals surface area contributed by atoms with E-state index in [0.717, 1.165) is 10.9 Å². The Balaban J connectivity index is 0. The van der Waals surface area contributed by atoms with Gasteiger partial charge in [-0.1, -0.05) is 13.5 Å². The van der Waals surface area contributed by atoms with E-state index in [1.54, 1.807) is 0 Å². The van der Waals surface area contributed by atoms with Crippen molar-refractivity contribution >= 4 is 5.91 Å². The van der Waals surface area contributed by atoms with Gasteiger partial charge in [0, 0.05) is 6.42 Å². The highest BCUT2D eigenvalue weighted by Gasteiger charge is 2.22. The lowest BCUT2D eigenvalue weighted by atomic mass is 10.3. The molecule has 1 unspecified atom stereocenters. The predicted molar refractivity (Wildman–Crippen MR) is 50.5 cm³/mol. The van der Waals surface area contributed by atoms with Gasteiger partial charge >= 0.3 is 0 Å². The molecule has 0 aliphatic carbocycles. The first-order valence-electron chi connectivity index (χ1n) is 4.15. The monoisotopic (exact) mass is 250 g/mol. The molecule has 0 saturated carbocycles. The average Bonchev–Trinajstić information content (AvgIpc) is 1.97. The molecule has 0 aromatic heterocycles. The topological polar surface area (TPSA) is 29.1 Å². The van der Waals surface area contributed by atoms with Gasteiger partial charge in [-0.3, -0.25) is 4.79 Å². The van der Waals surface area contributed by atoms with Crippen molar-refractivity contribution in [2.45, 2.75) is 19.5 Å². The molecule has 0 fully saturated rings. The maximum Gasteiger partial charge on any atom is 0.247 e. The molecule has 3 nitrogen and oxygen atoms in total. The Hall–Kier alpha value is -0.350. The van der Waals surface area contributed by atoms with Gasteiger partial charge in [0.15, 0.2) is 6.17 Å². The van der Waals surface area contributed by atoms with Crippen molar-refractivity contribution < 1.29 is 26.3 Å². The van der Waals surface area contributed by atoms with Gasteiger partial charge in [-0.05, 0) is 6.08 Å². The molecule has 0 aliphatic rings. The van der Waals surface area contributed by atoms with E-state index in [1.165, 1.54) is 6.08 Å². The molecule has 0 aromatic carbocycles. The molecule has 1 N–H and O–H groups in total. The van der Waals surface area contributed by atoms with Crippen molar-refractivity contribution in [3.63, 3.8) is 0 Å². The summed E-state index contributed by atoms with van der Waals surface area (Å²) in [4.78, 5) is 11.0. The molecule has 1 atom stereocenters. The number of nitrogens with one attached hydrogen (secondary N) is 1. The second kappa shape index (κ2) is 6.16. The molecule has 0 radical (unpaired) electrons. The Morgan fingerprint density at radius 1 is 1.54 bits per heavy atom. The van der Waals surface area contributed by atoms with Crippen LogP contribution >= 0.6 is 0 Å². The lowest BCUT2D eigenvalue weighted by molar-refractivity contribution is -0.898. The van der Waals surface area contributed by atoms with Crippen LogP contribution in [0.5, 0.6) is 0 Å². The summed E-state index contributed by atoms with van der Waals surface area (Å²) < 4.78 is 0.732. The standard InChI is InChI=1S/C9H18N2O.BrH/c1-6-8(11(3,4)5)10-9(12)7-2;/h7-8H,2,6H2,1,3-5H3;1H. The zero-order valence-electron chi connectivity index (χ0n) is 8.80. The number of carbonyl (C=O) groups excluding carboxylic acids is 1. The molecule has 13 heavy (non-hydrogen) atoms. The highest BCUT2D eigenvalue weighted by molar-refractivity contribution is 5.86. The van der Waals surface area contributed by atoms with E-state index in [1.807, 2.05) is 0 Å². The number of nitrogens with zero attached hydrogens (tertiary/aromatic N) is 1. The van der Waals surface area contributed by atoms with Crippen LogP contribution in [0.15, 0.2) is 12.7 Å². The van der Waals surface area contributed by atoms with Gasteiger partial charge in [0.25, 0.3) is 0 Å². The second-order valence-corrected chi connectivity index (χ2v) is 3.75. The van der Waals surface area contributed by atoms with Crippen molar-refractivity contribution in [1.82, 2.24) is 5.32 Å². The summed E-state index contributed by atoms with van der Waals surface area (Å²) in [5.41, 5.74) is 0. The van der Waals surface area contributed by atoms with Crippen molar-refractivity contribution in [3.05, 3.63) is 12.7 Å². The van der Waals surface area contributed by atoms with E-state index in [4.69, 9.17) is 0 Å². The summed E-state index contributed by atoms with van der Waals surface area (Å²) in [7, 11) is 6.16. The average molecular weight is 251 g/mol. The molecule has 1 amide bonds. The first-order chi connectivity index (χ1) is 5.41. The zero-order valence-corrected chi connectivity index (χ0v) is 10.4. The Bertz CT molecular complexity index is 175. The number of halogens is 1. The van der Waals surface area contributed by atoms with Crippen LogP contribution in [-0.2, 0) is 4.79 Å². The van der Waals surface area contributed by atoms with Crippen LogP contribution in [0, 0.1) is 0 Å². The minimum absolute atomic E-state index is 0. The molecule has 0 rings (SSSR count). The van der Waals surface area contributed by atoms with E-state index in [-0.39, 0.29) is 29.1 Å². The summed E-state index contributed by atoms with van der Waals surface area (Å²) in [6.07, 6.45) is 2.39. The third-order valence-corrected chi connectivity index (χ3v) is 1.82. The normalized spacial score (nSPS) is 12.6. The van der Waals surface area contributed by atoms with Crippen LogP contribution in [0.25, 0.3) is 0 Å². The minimum Gasteiger partial charge on any atom is -1.00 e. The quantitative estimate of drug-likeness (QED) is 0.341. The second-order valence-electron chi connectivity index (χ2n) is 3.75. The van der Waals surface area contributed by atoms with Crippen LogP contribution in [0.4, 0.5) is 0 Å². The van der Waals surface area contributed by atoms with Gasteiger partial charge in [0.05, 0.1) is 21.1 Å². The number of amides is 1. The Labute approximate surface area is 91.2 Å². The van der Waals surface area contributed by atoms with E-state index < -0.39 is 0 Å². The molecule has 0 aliphatic heterocycles. The zero-order chi connectivity index (χ0) is 9.78. The van der Waals surface area contributed by atoms with Crippen molar-refractivity contribution in [2.24, 2.45) is 0 Å². The number of rotatable bonds is 4. The first-order valence-corrected chi connectivity index (χ1v) is 4.15. The van der Waals surface area contributed by atoms with E-state index in [2.05, 4.69) is 40.0 Å². The lowest BCUT2D eigenvalue weighted by Crippen LogP contribution is -3.00. The van der Waals surface area contributed by atoms with E-state index in [0.29, 0.717) is 0 Å². The van der Waals surface area contributed by atoms with Gasteiger partial charge in [0.1, 0.15) is 0 Å². The highest BCUT2D eigenvalue weighted by Crippen LogP contribution is 2.03. The molecule has 0 saturated heterocycles. The fraction of sp³-hybridized carbons (Fsp3) is 0.667. The van der Waals surface area contributed by atoms with Crippen molar-refractivity contribution in [1.29, 1.82) is 0 Å². The Morgan fingerprint density at radius 3 is 2.23 bits per heavy atom. The van der Waals surface area contributed by atoms with Crippen molar-refractivity contribution in [3.8, 4) is 0 Å². The molecular formula is C9H19BrN2O. The number of carbonyl (C=O) groups is 1. The molecule has 78 valence electrons. The molecule has 0 bridgehead atoms. The largest absolute Gasteiger partial charge is 1.00 e. The fourth-order valence-electron chi connectivity index (χ4n) is 1.07. The molecule has 0 heterocycles. The van der Waals surface area contributed by atoms with Crippen LogP contribution in [0.3, 0.4) is 0 Å². The summed E-state index contributed by atoms with van der Waals surface area (Å²) in [6.45, 7) is 5.46. The Morgan fingerprint density at radius 2 is 2.00 bits per heavy atom. The Kier molecular flexibility index (Phi) is 7.17. The molecule has 0 spiro atoms. The van der Waals surface area contributed by atoms with Crippen LogP contribution in [-0.4, -0.2) is 37.7 Å². The maximum atomic E-state index is 11.0. The fourth-order valence-corrected chi connectivity index (χ4v) is 1.07.